The van der Waals surface area contributed by atoms with Gasteiger partial charge in [-0.1, -0.05) is 18.2 Å². The van der Waals surface area contributed by atoms with Crippen molar-refractivity contribution in [3.8, 4) is 5.75 Å². The molecule has 1 aromatic carbocycles. The number of rotatable bonds is 7. The number of nitrogens with one attached hydrogen (secondary N) is 2. The van der Waals surface area contributed by atoms with Crippen LogP contribution in [0.1, 0.15) is 15.9 Å². The van der Waals surface area contributed by atoms with Crippen molar-refractivity contribution in [3.05, 3.63) is 64.6 Å². The van der Waals surface area contributed by atoms with Crippen LogP contribution < -0.4 is 15.4 Å². The van der Waals surface area contributed by atoms with Crippen LogP contribution in [-0.2, 0) is 17.9 Å². The third-order valence-corrected chi connectivity index (χ3v) is 4.33. The topological polar surface area (TPSA) is 85.2 Å². The molecule has 0 atom stereocenters. The Morgan fingerprint density at radius 3 is 2.88 bits per heavy atom. The summed E-state index contributed by atoms with van der Waals surface area (Å²) in [6, 6.07) is 9.25. The molecule has 3 aromatic rings. The summed E-state index contributed by atoms with van der Waals surface area (Å²) in [5.74, 6) is 0.339. The van der Waals surface area contributed by atoms with Gasteiger partial charge in [-0.3, -0.25) is 14.3 Å². The van der Waals surface area contributed by atoms with Gasteiger partial charge in [0.25, 0.3) is 5.91 Å². The van der Waals surface area contributed by atoms with E-state index in [1.165, 1.54) is 22.2 Å². The lowest BCUT2D eigenvalue weighted by Gasteiger charge is -2.09. The number of benzene rings is 1. The fourth-order valence-corrected chi connectivity index (χ4v) is 2.99. The Labute approximate surface area is 154 Å². The van der Waals surface area contributed by atoms with Crippen LogP contribution in [0.25, 0.3) is 0 Å². The smallest absolute Gasteiger partial charge is 0.256 e. The number of para-hydroxylation sites is 1. The first-order valence-corrected chi connectivity index (χ1v) is 8.84. The predicted molar refractivity (Wildman–Crippen MR) is 99.3 cm³/mol. The number of aromatic nitrogens is 2. The third kappa shape index (κ3) is 4.48. The SMILES string of the molecule is COc1ccccc1CNC(=O)Cn1cc(NC(=O)c2ccsc2)cn1. The molecular formula is C18H18N4O3S. The highest BCUT2D eigenvalue weighted by Crippen LogP contribution is 2.16. The molecule has 0 aliphatic heterocycles. The van der Waals surface area contributed by atoms with Crippen molar-refractivity contribution in [2.24, 2.45) is 0 Å². The number of hydrogen-bond acceptors (Lipinski definition) is 5. The maximum atomic E-state index is 12.1. The monoisotopic (exact) mass is 370 g/mol. The van der Waals surface area contributed by atoms with Crippen molar-refractivity contribution in [1.29, 1.82) is 0 Å². The van der Waals surface area contributed by atoms with E-state index in [-0.39, 0.29) is 18.4 Å². The van der Waals surface area contributed by atoms with E-state index in [2.05, 4.69) is 15.7 Å². The van der Waals surface area contributed by atoms with Crippen molar-refractivity contribution in [3.63, 3.8) is 0 Å². The largest absolute Gasteiger partial charge is 0.496 e. The van der Waals surface area contributed by atoms with Crippen LogP contribution in [0.2, 0.25) is 0 Å². The van der Waals surface area contributed by atoms with Crippen LogP contribution >= 0.6 is 11.3 Å². The highest BCUT2D eigenvalue weighted by Gasteiger charge is 2.10. The summed E-state index contributed by atoms with van der Waals surface area (Å²) < 4.78 is 6.73. The number of carbonyl (C=O) groups excluding carboxylic acids is 2. The number of amides is 2. The van der Waals surface area contributed by atoms with Crippen molar-refractivity contribution < 1.29 is 14.3 Å². The molecule has 0 unspecified atom stereocenters. The zero-order valence-corrected chi connectivity index (χ0v) is 15.0. The first kappa shape index (κ1) is 17.7. The second kappa shape index (κ2) is 8.30. The van der Waals surface area contributed by atoms with Gasteiger partial charge in [0.15, 0.2) is 0 Å². The molecule has 26 heavy (non-hydrogen) atoms. The first-order chi connectivity index (χ1) is 12.7. The fraction of sp³-hybridized carbons (Fsp3) is 0.167. The maximum absolute atomic E-state index is 12.1. The van der Waals surface area contributed by atoms with Gasteiger partial charge < -0.3 is 15.4 Å². The van der Waals surface area contributed by atoms with Crippen LogP contribution in [0.15, 0.2) is 53.5 Å². The zero-order chi connectivity index (χ0) is 18.4. The molecule has 7 nitrogen and oxygen atoms in total. The summed E-state index contributed by atoms with van der Waals surface area (Å²) in [6.07, 6.45) is 3.13. The van der Waals surface area contributed by atoms with Crippen molar-refractivity contribution >= 4 is 28.8 Å². The molecule has 0 radical (unpaired) electrons. The highest BCUT2D eigenvalue weighted by atomic mass is 32.1. The average Bonchev–Trinajstić information content (AvgIpc) is 3.32. The van der Waals surface area contributed by atoms with Gasteiger partial charge in [-0.05, 0) is 17.5 Å². The molecule has 0 aliphatic carbocycles. The van der Waals surface area contributed by atoms with Gasteiger partial charge >= 0.3 is 0 Å². The Bertz CT molecular complexity index is 889. The third-order valence-electron chi connectivity index (χ3n) is 3.65. The summed E-state index contributed by atoms with van der Waals surface area (Å²) in [7, 11) is 1.59. The number of nitrogens with zero attached hydrogens (tertiary/aromatic N) is 2. The minimum Gasteiger partial charge on any atom is -0.496 e. The molecule has 134 valence electrons. The lowest BCUT2D eigenvalue weighted by Crippen LogP contribution is -2.27. The van der Waals surface area contributed by atoms with Gasteiger partial charge in [0.2, 0.25) is 5.91 Å². The second-order valence-corrected chi connectivity index (χ2v) is 6.26. The van der Waals surface area contributed by atoms with E-state index in [1.54, 1.807) is 24.8 Å². The number of hydrogen-bond donors (Lipinski definition) is 2. The van der Waals surface area contributed by atoms with Gasteiger partial charge in [-0.2, -0.15) is 16.4 Å². The van der Waals surface area contributed by atoms with Crippen LogP contribution in [0.5, 0.6) is 5.75 Å². The van der Waals surface area contributed by atoms with E-state index in [0.717, 1.165) is 11.3 Å². The number of ether oxygens (including phenoxy) is 1. The van der Waals surface area contributed by atoms with Gasteiger partial charge in [0, 0.05) is 23.7 Å². The molecule has 0 aliphatic rings. The van der Waals surface area contributed by atoms with Gasteiger partial charge in [0.1, 0.15) is 12.3 Å². The Morgan fingerprint density at radius 2 is 2.12 bits per heavy atom. The molecule has 8 heteroatoms. The van der Waals surface area contributed by atoms with E-state index in [0.29, 0.717) is 17.8 Å². The van der Waals surface area contributed by atoms with Crippen molar-refractivity contribution in [1.82, 2.24) is 15.1 Å². The molecular weight excluding hydrogens is 352 g/mol. The number of thiophene rings is 1. The normalized spacial score (nSPS) is 10.3. The molecule has 0 saturated heterocycles. The first-order valence-electron chi connectivity index (χ1n) is 7.90. The van der Waals surface area contributed by atoms with Crippen LogP contribution in [0, 0.1) is 0 Å². The number of carbonyl (C=O) groups is 2. The predicted octanol–water partition coefficient (Wildman–Crippen LogP) is 2.52. The minimum absolute atomic E-state index is 0.0590. The summed E-state index contributed by atoms with van der Waals surface area (Å²) in [6.45, 7) is 0.426. The summed E-state index contributed by atoms with van der Waals surface area (Å²) in [4.78, 5) is 24.1. The summed E-state index contributed by atoms with van der Waals surface area (Å²) in [5.41, 5.74) is 2.03. The number of anilines is 1. The van der Waals surface area contributed by atoms with Gasteiger partial charge in [-0.25, -0.2) is 0 Å². The fourth-order valence-electron chi connectivity index (χ4n) is 2.36. The van der Waals surface area contributed by atoms with E-state index >= 15 is 0 Å². The maximum Gasteiger partial charge on any atom is 0.256 e. The molecule has 2 aromatic heterocycles. The molecule has 0 saturated carbocycles. The Balaban J connectivity index is 1.52. The van der Waals surface area contributed by atoms with E-state index < -0.39 is 0 Å². The summed E-state index contributed by atoms with van der Waals surface area (Å²) >= 11 is 1.45. The molecule has 0 bridgehead atoms. The Morgan fingerprint density at radius 1 is 1.27 bits per heavy atom. The van der Waals surface area contributed by atoms with Gasteiger partial charge in [0.05, 0.1) is 24.6 Å². The lowest BCUT2D eigenvalue weighted by molar-refractivity contribution is -0.122. The molecule has 2 heterocycles. The quantitative estimate of drug-likeness (QED) is 0.669. The van der Waals surface area contributed by atoms with Crippen LogP contribution in [0.3, 0.4) is 0 Å². The zero-order valence-electron chi connectivity index (χ0n) is 14.1. The summed E-state index contributed by atoms with van der Waals surface area (Å²) in [5, 5.41) is 13.3. The number of methoxy groups -OCH3 is 1. The van der Waals surface area contributed by atoms with E-state index in [9.17, 15) is 9.59 Å². The Kier molecular flexibility index (Phi) is 5.65. The molecule has 0 fully saturated rings. The molecule has 2 amide bonds. The van der Waals surface area contributed by atoms with Crippen molar-refractivity contribution in [2.75, 3.05) is 12.4 Å². The molecule has 2 N–H and O–H groups in total. The van der Waals surface area contributed by atoms with Crippen LogP contribution in [0.4, 0.5) is 5.69 Å². The minimum atomic E-state index is -0.202. The average molecular weight is 370 g/mol. The van der Waals surface area contributed by atoms with E-state index in [1.807, 2.05) is 29.6 Å². The van der Waals surface area contributed by atoms with Crippen molar-refractivity contribution in [2.45, 2.75) is 13.1 Å². The molecule has 0 spiro atoms. The highest BCUT2D eigenvalue weighted by molar-refractivity contribution is 7.08. The van der Waals surface area contributed by atoms with Crippen LogP contribution in [-0.4, -0.2) is 28.7 Å². The lowest BCUT2D eigenvalue weighted by atomic mass is 10.2. The second-order valence-electron chi connectivity index (χ2n) is 5.48. The van der Waals surface area contributed by atoms with E-state index in [4.69, 9.17) is 4.74 Å². The Hall–Kier alpha value is -3.13. The molecule has 3 rings (SSSR count). The standard InChI is InChI=1S/C18H18N4O3S/c1-25-16-5-3-2-4-13(16)8-19-17(23)11-22-10-15(9-20-22)21-18(24)14-6-7-26-12-14/h2-7,9-10,12H,8,11H2,1H3,(H,19,23)(H,21,24). The van der Waals surface area contributed by atoms with Gasteiger partial charge in [-0.15, -0.1) is 0 Å².